The van der Waals surface area contributed by atoms with E-state index in [2.05, 4.69) is 38.1 Å². The summed E-state index contributed by atoms with van der Waals surface area (Å²) in [5.41, 5.74) is 3.11. The number of aliphatic hydroxyl groups is 1. The molecule has 13 nitrogen and oxygen atoms in total. The van der Waals surface area contributed by atoms with Gasteiger partial charge in [0.2, 0.25) is 0 Å². The number of tetrazole rings is 1. The Morgan fingerprint density at radius 2 is 2.07 bits per heavy atom. The zero-order chi connectivity index (χ0) is 28.1. The molecule has 41 heavy (non-hydrogen) atoms. The molecular weight excluding hydrogens is 533 g/mol. The molecule has 5 heterocycles. The van der Waals surface area contributed by atoms with E-state index in [1.165, 1.54) is 34.4 Å². The van der Waals surface area contributed by atoms with E-state index in [1.54, 1.807) is 12.3 Å². The van der Waals surface area contributed by atoms with Crippen LogP contribution in [0.5, 0.6) is 5.75 Å². The lowest BCUT2D eigenvalue weighted by Gasteiger charge is -2.37. The van der Waals surface area contributed by atoms with Gasteiger partial charge in [-0.3, -0.25) is 4.79 Å². The summed E-state index contributed by atoms with van der Waals surface area (Å²) in [7, 11) is 1.38. The number of nitrogens with zero attached hydrogens (tertiary/aromatic N) is 9. The number of fused-ring (bicyclic) bond motifs is 1. The molecule has 7 rings (SSSR count). The first-order valence-corrected chi connectivity index (χ1v) is 13.3. The smallest absolute Gasteiger partial charge is 0.185 e. The van der Waals surface area contributed by atoms with E-state index < -0.39 is 11.4 Å². The quantitative estimate of drug-likeness (QED) is 0.252. The van der Waals surface area contributed by atoms with Gasteiger partial charge in [0.1, 0.15) is 23.3 Å². The van der Waals surface area contributed by atoms with Crippen molar-refractivity contribution < 1.29 is 23.8 Å². The van der Waals surface area contributed by atoms with Crippen LogP contribution in [0.4, 0.5) is 4.39 Å². The Labute approximate surface area is 232 Å². The molecule has 0 spiro atoms. The van der Waals surface area contributed by atoms with Gasteiger partial charge in [-0.05, 0) is 59.4 Å². The van der Waals surface area contributed by atoms with Crippen LogP contribution in [0.2, 0.25) is 0 Å². The molecule has 14 heteroatoms. The number of hydrogen-bond acceptors (Lipinski definition) is 10. The molecule has 1 saturated heterocycles. The highest BCUT2D eigenvalue weighted by atomic mass is 19.1. The van der Waals surface area contributed by atoms with Gasteiger partial charge in [-0.25, -0.2) is 18.7 Å². The minimum absolute atomic E-state index is 0.0137. The second-order valence-electron chi connectivity index (χ2n) is 10.5. The number of hydrogen-bond donors (Lipinski definition) is 1. The van der Waals surface area contributed by atoms with Crippen LogP contribution in [0.3, 0.4) is 0 Å². The normalized spacial score (nSPS) is 16.2. The minimum Gasteiger partial charge on any atom is -0.494 e. The molecule has 210 valence electrons. The van der Waals surface area contributed by atoms with Crippen molar-refractivity contribution in [1.82, 2.24) is 44.6 Å². The molecule has 2 aliphatic rings. The fraction of sp³-hybridized carbons (Fsp3) is 0.370. The second-order valence-corrected chi connectivity index (χ2v) is 10.5. The van der Waals surface area contributed by atoms with Gasteiger partial charge < -0.3 is 19.0 Å². The van der Waals surface area contributed by atoms with E-state index in [-0.39, 0.29) is 55.4 Å². The van der Waals surface area contributed by atoms with Gasteiger partial charge in [-0.15, -0.1) is 10.2 Å². The number of ketones is 1. The predicted molar refractivity (Wildman–Crippen MR) is 139 cm³/mol. The maximum absolute atomic E-state index is 15.1. The highest BCUT2D eigenvalue weighted by Crippen LogP contribution is 2.42. The Bertz CT molecular complexity index is 1760. The fourth-order valence-corrected chi connectivity index (χ4v) is 5.19. The molecule has 2 fully saturated rings. The summed E-state index contributed by atoms with van der Waals surface area (Å²) >= 11 is 0. The van der Waals surface area contributed by atoms with Crippen LogP contribution in [0.15, 0.2) is 43.1 Å². The average molecular weight is 560 g/mol. The number of Topliss-reactive ketones (excluding diaryl/α,β-unsaturated/α-hetero) is 1. The number of rotatable bonds is 10. The topological polar surface area (TPSA) is 147 Å². The van der Waals surface area contributed by atoms with Crippen molar-refractivity contribution in [3.8, 4) is 11.4 Å². The molecule has 1 aromatic carbocycles. The van der Waals surface area contributed by atoms with Gasteiger partial charge in [0.25, 0.3) is 0 Å². The molecule has 0 amide bonds. The van der Waals surface area contributed by atoms with Crippen molar-refractivity contribution in [3.05, 3.63) is 77.0 Å². The van der Waals surface area contributed by atoms with Crippen molar-refractivity contribution in [2.24, 2.45) is 0 Å². The monoisotopic (exact) mass is 559 g/mol. The van der Waals surface area contributed by atoms with E-state index >= 15 is 4.39 Å². The third-order valence-electron chi connectivity index (χ3n) is 7.60. The Kier molecular flexibility index (Phi) is 6.08. The van der Waals surface area contributed by atoms with Crippen molar-refractivity contribution in [1.29, 1.82) is 0 Å². The molecule has 5 aromatic rings. The highest BCUT2D eigenvalue weighted by molar-refractivity contribution is 5.94. The highest BCUT2D eigenvalue weighted by Gasteiger charge is 2.41. The minimum atomic E-state index is -1.05. The molecule has 1 saturated carbocycles. The van der Waals surface area contributed by atoms with E-state index in [0.717, 1.165) is 18.4 Å². The van der Waals surface area contributed by atoms with Gasteiger partial charge in [-0.1, -0.05) is 5.21 Å². The largest absolute Gasteiger partial charge is 0.494 e. The molecular formula is C27H26FN9O4. The van der Waals surface area contributed by atoms with Crippen LogP contribution in [0.1, 0.15) is 58.1 Å². The molecule has 0 radical (unpaired) electrons. The van der Waals surface area contributed by atoms with Crippen molar-refractivity contribution >= 4 is 11.4 Å². The lowest BCUT2D eigenvalue weighted by molar-refractivity contribution is -0.184. The van der Waals surface area contributed by atoms with Crippen LogP contribution in [-0.4, -0.2) is 75.8 Å². The third kappa shape index (κ3) is 4.64. The number of carbonyl (C=O) groups is 1. The first-order valence-electron chi connectivity index (χ1n) is 13.3. The predicted octanol–water partition coefficient (Wildman–Crippen LogP) is 2.01. The third-order valence-corrected chi connectivity index (χ3v) is 7.60. The summed E-state index contributed by atoms with van der Waals surface area (Å²) in [6.07, 6.45) is 9.22. The Morgan fingerprint density at radius 1 is 1.22 bits per heavy atom. The number of methoxy groups -OCH3 is 1. The standard InChI is InChI=1S/C27H26FN9O4/c1-40-24-7-5-22(37-15-29-32-34-37)19(25(24)28)4-6-23(38)21-12-36(33-31-21)11-18-10-35-9-17(16-2-3-16)8-20(26(35)30-18)27(39)13-41-14-27/h5,7-10,12,15-16,39H,2-4,6,11,13-14H2,1H3. The van der Waals surface area contributed by atoms with Crippen molar-refractivity contribution in [3.63, 3.8) is 0 Å². The number of benzene rings is 1. The second kappa shape index (κ2) is 9.82. The van der Waals surface area contributed by atoms with Crippen LogP contribution >= 0.6 is 0 Å². The SMILES string of the molecule is COc1ccc(-n2cnnn2)c(CCC(=O)c2cn(Cc3cn4cc(C5CC5)cc(C5(O)COC5)c4n3)nn2)c1F. The number of ether oxygens (including phenoxy) is 2. The van der Waals surface area contributed by atoms with E-state index in [1.807, 2.05) is 10.6 Å². The van der Waals surface area contributed by atoms with Crippen LogP contribution in [0.25, 0.3) is 11.3 Å². The van der Waals surface area contributed by atoms with Crippen LogP contribution in [-0.2, 0) is 23.3 Å². The van der Waals surface area contributed by atoms with Gasteiger partial charge in [0.15, 0.2) is 17.3 Å². The first kappa shape index (κ1) is 25.4. The van der Waals surface area contributed by atoms with Gasteiger partial charge >= 0.3 is 0 Å². The number of aromatic nitrogens is 9. The Hall–Kier alpha value is -4.56. The molecule has 1 aliphatic heterocycles. The first-order chi connectivity index (χ1) is 19.9. The van der Waals surface area contributed by atoms with Gasteiger partial charge in [0.05, 0.1) is 44.4 Å². The fourth-order valence-electron chi connectivity index (χ4n) is 5.19. The number of imidazole rings is 1. The van der Waals surface area contributed by atoms with E-state index in [9.17, 15) is 9.90 Å². The molecule has 0 unspecified atom stereocenters. The Balaban J connectivity index is 1.09. The zero-order valence-corrected chi connectivity index (χ0v) is 22.1. The summed E-state index contributed by atoms with van der Waals surface area (Å²) < 4.78 is 30.4. The summed E-state index contributed by atoms with van der Waals surface area (Å²) in [5, 5.41) is 30.3. The van der Waals surface area contributed by atoms with Crippen molar-refractivity contribution in [2.75, 3.05) is 20.3 Å². The van der Waals surface area contributed by atoms with Crippen LogP contribution in [0, 0.1) is 5.82 Å². The average Bonchev–Trinajstić information content (AvgIpc) is 3.30. The molecule has 1 N–H and O–H groups in total. The maximum Gasteiger partial charge on any atom is 0.185 e. The number of carbonyl (C=O) groups excluding carboxylic acids is 1. The summed E-state index contributed by atoms with van der Waals surface area (Å²) in [6, 6.07) is 5.17. The number of halogens is 1. The summed E-state index contributed by atoms with van der Waals surface area (Å²) in [5.74, 6) is -0.301. The molecule has 1 aliphatic carbocycles. The van der Waals surface area contributed by atoms with Gasteiger partial charge in [-0.2, -0.15) is 0 Å². The van der Waals surface area contributed by atoms with Crippen molar-refractivity contribution in [2.45, 2.75) is 43.7 Å². The number of pyridine rings is 1. The van der Waals surface area contributed by atoms with Gasteiger partial charge in [0, 0.05) is 29.9 Å². The van der Waals surface area contributed by atoms with Crippen LogP contribution < -0.4 is 4.74 Å². The molecule has 0 atom stereocenters. The summed E-state index contributed by atoms with van der Waals surface area (Å²) in [4.78, 5) is 17.8. The Morgan fingerprint density at radius 3 is 2.78 bits per heavy atom. The maximum atomic E-state index is 15.1. The lowest BCUT2D eigenvalue weighted by atomic mass is 9.91. The van der Waals surface area contributed by atoms with E-state index in [4.69, 9.17) is 14.5 Å². The summed E-state index contributed by atoms with van der Waals surface area (Å²) in [6.45, 7) is 0.762. The zero-order valence-electron chi connectivity index (χ0n) is 22.1. The molecule has 4 aromatic heterocycles. The lowest BCUT2D eigenvalue weighted by Crippen LogP contribution is -2.46. The molecule has 0 bridgehead atoms. The van der Waals surface area contributed by atoms with E-state index in [0.29, 0.717) is 22.9 Å².